The van der Waals surface area contributed by atoms with E-state index in [9.17, 15) is 4.79 Å². The molecule has 136 valence electrons. The van der Waals surface area contributed by atoms with E-state index in [0.717, 1.165) is 34.7 Å². The Morgan fingerprint density at radius 2 is 1.81 bits per heavy atom. The molecule has 1 aliphatic carbocycles. The summed E-state index contributed by atoms with van der Waals surface area (Å²) >= 11 is 1.46. The molecule has 4 rings (SSSR count). The largest absolute Gasteiger partial charge is 0.353 e. The zero-order valence-electron chi connectivity index (χ0n) is 15.5. The van der Waals surface area contributed by atoms with E-state index in [1.165, 1.54) is 41.1 Å². The SMILES string of the molecule is Cc1cc2cc(C)c3nnc(SCC(=O)NC4CCCC4)n3c2cc1C. The second kappa shape index (κ2) is 6.91. The highest BCUT2D eigenvalue weighted by molar-refractivity contribution is 7.99. The predicted molar refractivity (Wildman–Crippen MR) is 106 cm³/mol. The fourth-order valence-electron chi connectivity index (χ4n) is 3.74. The molecule has 1 N–H and O–H groups in total. The van der Waals surface area contributed by atoms with Gasteiger partial charge in [-0.2, -0.15) is 0 Å². The van der Waals surface area contributed by atoms with Crippen LogP contribution >= 0.6 is 11.8 Å². The fourth-order valence-corrected chi connectivity index (χ4v) is 4.49. The van der Waals surface area contributed by atoms with Crippen LogP contribution in [0.5, 0.6) is 0 Å². The van der Waals surface area contributed by atoms with Crippen LogP contribution in [0.4, 0.5) is 0 Å². The molecule has 0 saturated heterocycles. The number of aromatic nitrogens is 3. The third-order valence-electron chi connectivity index (χ3n) is 5.29. The van der Waals surface area contributed by atoms with Gasteiger partial charge in [0.2, 0.25) is 5.91 Å². The maximum Gasteiger partial charge on any atom is 0.230 e. The highest BCUT2D eigenvalue weighted by atomic mass is 32.2. The molecular formula is C20H24N4OS. The molecule has 0 radical (unpaired) electrons. The Morgan fingerprint density at radius 3 is 2.58 bits per heavy atom. The van der Waals surface area contributed by atoms with Crippen LogP contribution in [0.25, 0.3) is 16.6 Å². The average Bonchev–Trinajstić information content (AvgIpc) is 3.25. The maximum absolute atomic E-state index is 12.3. The summed E-state index contributed by atoms with van der Waals surface area (Å²) in [7, 11) is 0. The number of thioether (sulfide) groups is 1. The first-order chi connectivity index (χ1) is 12.5. The lowest BCUT2D eigenvalue weighted by Crippen LogP contribution is -2.33. The second-order valence-electron chi connectivity index (χ2n) is 7.30. The summed E-state index contributed by atoms with van der Waals surface area (Å²) in [6.07, 6.45) is 4.65. The van der Waals surface area contributed by atoms with E-state index in [1.54, 1.807) is 0 Å². The van der Waals surface area contributed by atoms with Crippen LogP contribution in [0, 0.1) is 20.8 Å². The van der Waals surface area contributed by atoms with E-state index in [2.05, 4.69) is 58.9 Å². The van der Waals surface area contributed by atoms with Crippen LogP contribution < -0.4 is 5.32 Å². The summed E-state index contributed by atoms with van der Waals surface area (Å²) in [5, 5.41) is 13.8. The van der Waals surface area contributed by atoms with Crippen LogP contribution in [0.15, 0.2) is 23.4 Å². The number of hydrogen-bond acceptors (Lipinski definition) is 4. The van der Waals surface area contributed by atoms with Gasteiger partial charge in [0.05, 0.1) is 11.3 Å². The highest BCUT2D eigenvalue weighted by Crippen LogP contribution is 2.27. The topological polar surface area (TPSA) is 59.3 Å². The maximum atomic E-state index is 12.3. The van der Waals surface area contributed by atoms with Gasteiger partial charge in [-0.25, -0.2) is 0 Å². The van der Waals surface area contributed by atoms with Crippen molar-refractivity contribution >= 4 is 34.2 Å². The summed E-state index contributed by atoms with van der Waals surface area (Å²) in [5.74, 6) is 0.458. The molecule has 1 aromatic carbocycles. The first-order valence-electron chi connectivity index (χ1n) is 9.21. The summed E-state index contributed by atoms with van der Waals surface area (Å²) in [6, 6.07) is 6.90. The van der Waals surface area contributed by atoms with Gasteiger partial charge in [-0.1, -0.05) is 24.6 Å². The van der Waals surface area contributed by atoms with Gasteiger partial charge in [0.1, 0.15) is 0 Å². The molecule has 5 nitrogen and oxygen atoms in total. The average molecular weight is 369 g/mol. The predicted octanol–water partition coefficient (Wildman–Crippen LogP) is 3.96. The fraction of sp³-hybridized carbons (Fsp3) is 0.450. The number of pyridine rings is 1. The van der Waals surface area contributed by atoms with Crippen molar-refractivity contribution in [2.75, 3.05) is 5.75 Å². The number of amides is 1. The Bertz CT molecular complexity index is 989. The minimum Gasteiger partial charge on any atom is -0.353 e. The van der Waals surface area contributed by atoms with Crippen LogP contribution in [-0.4, -0.2) is 32.3 Å². The number of carbonyl (C=O) groups excluding carboxylic acids is 1. The third-order valence-corrected chi connectivity index (χ3v) is 6.22. The van der Waals surface area contributed by atoms with Gasteiger partial charge in [-0.15, -0.1) is 10.2 Å². The first kappa shape index (κ1) is 17.3. The zero-order chi connectivity index (χ0) is 18.3. The molecule has 1 fully saturated rings. The molecule has 0 aliphatic heterocycles. The smallest absolute Gasteiger partial charge is 0.230 e. The molecule has 6 heteroatoms. The van der Waals surface area contributed by atoms with Gasteiger partial charge in [0.25, 0.3) is 0 Å². The van der Waals surface area contributed by atoms with Gasteiger partial charge < -0.3 is 5.32 Å². The number of hydrogen-bond donors (Lipinski definition) is 1. The van der Waals surface area contributed by atoms with Gasteiger partial charge in [-0.3, -0.25) is 9.20 Å². The molecule has 0 atom stereocenters. The lowest BCUT2D eigenvalue weighted by Gasteiger charge is -2.12. The lowest BCUT2D eigenvalue weighted by molar-refractivity contribution is -0.119. The van der Waals surface area contributed by atoms with Crippen molar-refractivity contribution in [2.24, 2.45) is 0 Å². The van der Waals surface area contributed by atoms with E-state index in [4.69, 9.17) is 0 Å². The van der Waals surface area contributed by atoms with Crippen molar-refractivity contribution in [1.29, 1.82) is 0 Å². The van der Waals surface area contributed by atoms with Gasteiger partial charge in [0.15, 0.2) is 10.8 Å². The van der Waals surface area contributed by atoms with Crippen LogP contribution in [0.3, 0.4) is 0 Å². The number of fused-ring (bicyclic) bond motifs is 3. The van der Waals surface area contributed by atoms with Crippen molar-refractivity contribution in [2.45, 2.75) is 57.7 Å². The Kier molecular flexibility index (Phi) is 4.61. The number of nitrogens with zero attached hydrogens (tertiary/aromatic N) is 3. The molecule has 0 spiro atoms. The number of benzene rings is 1. The molecule has 2 heterocycles. The summed E-state index contributed by atoms with van der Waals surface area (Å²) in [4.78, 5) is 12.3. The number of nitrogens with one attached hydrogen (secondary N) is 1. The quantitative estimate of drug-likeness (QED) is 0.708. The molecular weight excluding hydrogens is 344 g/mol. The van der Waals surface area contributed by atoms with E-state index in [0.29, 0.717) is 11.8 Å². The molecule has 1 aliphatic rings. The standard InChI is InChI=1S/C20H24N4OS/c1-12-8-15-9-14(3)19-22-23-20(24(19)17(15)10-13(12)2)26-11-18(25)21-16-6-4-5-7-16/h8-10,16H,4-7,11H2,1-3H3,(H,21,25). The highest BCUT2D eigenvalue weighted by Gasteiger charge is 2.18. The van der Waals surface area contributed by atoms with Crippen molar-refractivity contribution < 1.29 is 4.79 Å². The van der Waals surface area contributed by atoms with Gasteiger partial charge in [-0.05, 0) is 73.9 Å². The Labute approximate surface area is 157 Å². The molecule has 1 saturated carbocycles. The lowest BCUT2D eigenvalue weighted by atomic mass is 10.0. The van der Waals surface area contributed by atoms with Crippen molar-refractivity contribution in [3.8, 4) is 0 Å². The van der Waals surface area contributed by atoms with E-state index < -0.39 is 0 Å². The van der Waals surface area contributed by atoms with Gasteiger partial charge in [0, 0.05) is 6.04 Å². The zero-order valence-corrected chi connectivity index (χ0v) is 16.3. The van der Waals surface area contributed by atoms with Crippen molar-refractivity contribution in [1.82, 2.24) is 19.9 Å². The van der Waals surface area contributed by atoms with Crippen LogP contribution in [0.2, 0.25) is 0 Å². The second-order valence-corrected chi connectivity index (χ2v) is 8.24. The van der Waals surface area contributed by atoms with Gasteiger partial charge >= 0.3 is 0 Å². The monoisotopic (exact) mass is 368 g/mol. The van der Waals surface area contributed by atoms with E-state index in [1.807, 2.05) is 0 Å². The molecule has 26 heavy (non-hydrogen) atoms. The summed E-state index contributed by atoms with van der Waals surface area (Å²) in [6.45, 7) is 6.30. The van der Waals surface area contributed by atoms with Crippen LogP contribution in [0.1, 0.15) is 42.4 Å². The van der Waals surface area contributed by atoms with E-state index >= 15 is 0 Å². The molecule has 1 amide bonds. The molecule has 0 bridgehead atoms. The summed E-state index contributed by atoms with van der Waals surface area (Å²) in [5.41, 5.74) is 5.56. The Balaban J connectivity index is 1.64. The van der Waals surface area contributed by atoms with Crippen molar-refractivity contribution in [3.05, 3.63) is 34.9 Å². The third kappa shape index (κ3) is 3.18. The molecule has 2 aromatic heterocycles. The summed E-state index contributed by atoms with van der Waals surface area (Å²) < 4.78 is 2.09. The Morgan fingerprint density at radius 1 is 1.12 bits per heavy atom. The minimum atomic E-state index is 0.0858. The van der Waals surface area contributed by atoms with E-state index in [-0.39, 0.29) is 5.91 Å². The number of rotatable bonds is 4. The number of carbonyl (C=O) groups is 1. The van der Waals surface area contributed by atoms with Crippen molar-refractivity contribution in [3.63, 3.8) is 0 Å². The Hall–Kier alpha value is -2.08. The minimum absolute atomic E-state index is 0.0858. The van der Waals surface area contributed by atoms with Crippen LogP contribution in [-0.2, 0) is 4.79 Å². The molecule has 3 aromatic rings. The normalized spacial score (nSPS) is 15.2. The molecule has 0 unspecified atom stereocenters. The number of aryl methyl sites for hydroxylation is 3. The first-order valence-corrected chi connectivity index (χ1v) is 10.2.